The van der Waals surface area contributed by atoms with E-state index in [1.54, 1.807) is 0 Å². The van der Waals surface area contributed by atoms with Gasteiger partial charge in [0.25, 0.3) is 0 Å². The van der Waals surface area contributed by atoms with Gasteiger partial charge in [-0.3, -0.25) is 0 Å². The average molecular weight is 134 g/mol. The molecule has 0 amide bonds. The topological polar surface area (TPSA) is 34.1 Å². The summed E-state index contributed by atoms with van der Waals surface area (Å²) in [7, 11) is -2.84. The van der Waals surface area contributed by atoms with E-state index < -0.39 is 9.84 Å². The van der Waals surface area contributed by atoms with Gasteiger partial charge in [0, 0.05) is 0 Å². The van der Waals surface area contributed by atoms with Crippen molar-refractivity contribution in [2.45, 2.75) is 6.42 Å². The van der Waals surface area contributed by atoms with Crippen LogP contribution in [0, 0.1) is 13.8 Å². The fourth-order valence-corrected chi connectivity index (χ4v) is 0.966. The molecule has 0 aliphatic heterocycles. The lowest BCUT2D eigenvalue weighted by Crippen LogP contribution is -2.07. The molecule has 0 fully saturated rings. The van der Waals surface area contributed by atoms with Crippen LogP contribution in [0.25, 0.3) is 0 Å². The molecular weight excluding hydrogens is 124 g/mol. The minimum atomic E-state index is -2.84. The monoisotopic (exact) mass is 134 g/mol. The quantitative estimate of drug-likeness (QED) is 0.562. The molecule has 0 aromatic heterocycles. The predicted octanol–water partition coefficient (Wildman–Crippen LogP) is 0.459. The van der Waals surface area contributed by atoms with Gasteiger partial charge in [0.1, 0.15) is 9.84 Å². The van der Waals surface area contributed by atoms with Gasteiger partial charge in [-0.05, 0) is 13.3 Å². The maximum absolute atomic E-state index is 10.5. The van der Waals surface area contributed by atoms with Crippen molar-refractivity contribution in [1.29, 1.82) is 0 Å². The van der Waals surface area contributed by atoms with Crippen LogP contribution in [0.4, 0.5) is 0 Å². The van der Waals surface area contributed by atoms with Gasteiger partial charge in [0.2, 0.25) is 0 Å². The van der Waals surface area contributed by atoms with Crippen LogP contribution in [0.5, 0.6) is 0 Å². The molecule has 0 heterocycles. The third-order valence-corrected chi connectivity index (χ3v) is 2.30. The molecule has 0 saturated heterocycles. The van der Waals surface area contributed by atoms with Crippen LogP contribution >= 0.6 is 0 Å². The van der Waals surface area contributed by atoms with Crippen LogP contribution in [-0.2, 0) is 9.84 Å². The van der Waals surface area contributed by atoms with E-state index in [4.69, 9.17) is 0 Å². The molecular formula is C5H10O2S. The highest BCUT2D eigenvalue weighted by Crippen LogP contribution is 1.89. The first-order valence-corrected chi connectivity index (χ1v) is 4.23. The molecule has 0 unspecified atom stereocenters. The van der Waals surface area contributed by atoms with Crippen LogP contribution in [0.2, 0.25) is 0 Å². The summed E-state index contributed by atoms with van der Waals surface area (Å²) in [4.78, 5) is 0. The van der Waals surface area contributed by atoms with Gasteiger partial charge in [-0.25, -0.2) is 8.42 Å². The number of hydrogen-bond donors (Lipinski definition) is 0. The van der Waals surface area contributed by atoms with Crippen molar-refractivity contribution in [1.82, 2.24) is 0 Å². The van der Waals surface area contributed by atoms with E-state index in [-0.39, 0.29) is 11.5 Å². The molecule has 0 spiro atoms. The van der Waals surface area contributed by atoms with E-state index >= 15 is 0 Å². The Morgan fingerprint density at radius 2 is 1.75 bits per heavy atom. The van der Waals surface area contributed by atoms with Crippen molar-refractivity contribution in [3.63, 3.8) is 0 Å². The Morgan fingerprint density at radius 3 is 1.88 bits per heavy atom. The molecule has 2 radical (unpaired) electrons. The van der Waals surface area contributed by atoms with Crippen molar-refractivity contribution in [3.8, 4) is 0 Å². The first kappa shape index (κ1) is 7.95. The Kier molecular flexibility index (Phi) is 3.05. The van der Waals surface area contributed by atoms with E-state index in [0.29, 0.717) is 6.42 Å². The molecule has 0 aliphatic rings. The van der Waals surface area contributed by atoms with Crippen LogP contribution in [0.3, 0.4) is 0 Å². The molecule has 2 nitrogen and oxygen atoms in total. The summed E-state index contributed by atoms with van der Waals surface area (Å²) < 4.78 is 21.0. The van der Waals surface area contributed by atoms with E-state index in [1.165, 1.54) is 0 Å². The van der Waals surface area contributed by atoms with Gasteiger partial charge < -0.3 is 0 Å². The Balaban J connectivity index is 3.76. The van der Waals surface area contributed by atoms with Gasteiger partial charge in [-0.1, -0.05) is 6.92 Å². The van der Waals surface area contributed by atoms with Crippen LogP contribution in [-0.4, -0.2) is 19.9 Å². The van der Waals surface area contributed by atoms with Crippen molar-refractivity contribution in [2.75, 3.05) is 11.5 Å². The predicted molar refractivity (Wildman–Crippen MR) is 34.0 cm³/mol. The molecule has 0 N–H and O–H groups in total. The second kappa shape index (κ2) is 3.07. The molecule has 48 valence electrons. The van der Waals surface area contributed by atoms with Gasteiger partial charge in [0.05, 0.1) is 11.5 Å². The summed E-state index contributed by atoms with van der Waals surface area (Å²) in [5, 5.41) is 0. The van der Waals surface area contributed by atoms with Gasteiger partial charge in [-0.15, -0.1) is 0 Å². The highest BCUT2D eigenvalue weighted by Gasteiger charge is 2.02. The molecule has 0 atom stereocenters. The molecule has 0 bridgehead atoms. The zero-order valence-corrected chi connectivity index (χ0v) is 5.58. The van der Waals surface area contributed by atoms with Crippen molar-refractivity contribution in [3.05, 3.63) is 13.8 Å². The Labute approximate surface area is 50.8 Å². The zero-order chi connectivity index (χ0) is 6.62. The summed E-state index contributed by atoms with van der Waals surface area (Å²) in [6.07, 6.45) is 0.442. The molecule has 0 rings (SSSR count). The van der Waals surface area contributed by atoms with Gasteiger partial charge in [-0.2, -0.15) is 0 Å². The van der Waals surface area contributed by atoms with Crippen LogP contribution < -0.4 is 0 Å². The summed E-state index contributed by atoms with van der Waals surface area (Å²) >= 11 is 0. The minimum Gasteiger partial charge on any atom is -0.229 e. The zero-order valence-electron chi connectivity index (χ0n) is 4.76. The second-order valence-electron chi connectivity index (χ2n) is 1.51. The number of hydrogen-bond acceptors (Lipinski definition) is 2. The normalized spacial score (nSPS) is 11.8. The Morgan fingerprint density at radius 1 is 1.25 bits per heavy atom. The lowest BCUT2D eigenvalue weighted by atomic mass is 10.6. The Hall–Kier alpha value is -0.0500. The van der Waals surface area contributed by atoms with E-state index in [2.05, 4.69) is 13.8 Å². The average Bonchev–Trinajstić information content (AvgIpc) is 1.67. The molecule has 0 aromatic carbocycles. The third kappa shape index (κ3) is 3.02. The molecule has 3 heteroatoms. The molecule has 0 saturated carbocycles. The lowest BCUT2D eigenvalue weighted by molar-refractivity contribution is 0.598. The summed E-state index contributed by atoms with van der Waals surface area (Å²) in [5.41, 5.74) is 0. The first-order valence-electron chi connectivity index (χ1n) is 2.41. The maximum Gasteiger partial charge on any atom is 0.150 e. The number of rotatable bonds is 3. The van der Waals surface area contributed by atoms with E-state index in [1.807, 2.05) is 0 Å². The fourth-order valence-electron chi connectivity index (χ4n) is 0.322. The van der Waals surface area contributed by atoms with E-state index in [9.17, 15) is 8.42 Å². The smallest absolute Gasteiger partial charge is 0.150 e. The fraction of sp³-hybridized carbons (Fsp3) is 0.600. The number of sulfone groups is 1. The van der Waals surface area contributed by atoms with E-state index in [0.717, 1.165) is 0 Å². The SMILES string of the molecule is [CH2]CCS(=O)(=O)C[CH2]. The van der Waals surface area contributed by atoms with Gasteiger partial charge in [0.15, 0.2) is 0 Å². The van der Waals surface area contributed by atoms with Crippen LogP contribution in [0.1, 0.15) is 6.42 Å². The first-order chi connectivity index (χ1) is 3.62. The Bertz CT molecular complexity index is 135. The lowest BCUT2D eigenvalue weighted by Gasteiger charge is -1.93. The van der Waals surface area contributed by atoms with Crippen LogP contribution in [0.15, 0.2) is 0 Å². The maximum atomic E-state index is 10.5. The minimum absolute atomic E-state index is 0.0114. The largest absolute Gasteiger partial charge is 0.229 e. The second-order valence-corrected chi connectivity index (χ2v) is 3.81. The summed E-state index contributed by atoms with van der Waals surface area (Å²) in [6, 6.07) is 0. The standard InChI is InChI=1S/C5H10O2S/c1-3-5-8(6,7)4-2/h1-5H2. The summed E-state index contributed by atoms with van der Waals surface area (Å²) in [6.45, 7) is 6.67. The van der Waals surface area contributed by atoms with Crippen molar-refractivity contribution >= 4 is 9.84 Å². The van der Waals surface area contributed by atoms with Crippen molar-refractivity contribution < 1.29 is 8.42 Å². The summed E-state index contributed by atoms with van der Waals surface area (Å²) in [5.74, 6) is 0.152. The highest BCUT2D eigenvalue weighted by molar-refractivity contribution is 7.91. The third-order valence-electron chi connectivity index (χ3n) is 0.766. The molecule has 0 aromatic rings. The highest BCUT2D eigenvalue weighted by atomic mass is 32.2. The van der Waals surface area contributed by atoms with Gasteiger partial charge >= 0.3 is 0 Å². The molecule has 0 aliphatic carbocycles. The molecule has 8 heavy (non-hydrogen) atoms. The van der Waals surface area contributed by atoms with Crippen molar-refractivity contribution in [2.24, 2.45) is 0 Å².